The second-order valence-corrected chi connectivity index (χ2v) is 5.87. The highest BCUT2D eigenvalue weighted by molar-refractivity contribution is 5.49. The van der Waals surface area contributed by atoms with Crippen molar-refractivity contribution >= 4 is 5.69 Å². The number of aryl methyl sites for hydroxylation is 1. The topological polar surface area (TPSA) is 35.2 Å². The zero-order chi connectivity index (χ0) is 14.0. The summed E-state index contributed by atoms with van der Waals surface area (Å²) in [5.41, 5.74) is 8.82. The molecule has 0 fully saturated rings. The summed E-state index contributed by atoms with van der Waals surface area (Å²) < 4.78 is 6.07. The van der Waals surface area contributed by atoms with Gasteiger partial charge in [-0.05, 0) is 42.2 Å². The van der Waals surface area contributed by atoms with Crippen LogP contribution in [-0.2, 0) is 5.41 Å². The largest absolute Gasteiger partial charge is 0.457 e. The third-order valence-electron chi connectivity index (χ3n) is 3.11. The van der Waals surface area contributed by atoms with Crippen molar-refractivity contribution in [2.75, 3.05) is 5.73 Å². The van der Waals surface area contributed by atoms with E-state index in [1.165, 1.54) is 5.56 Å². The summed E-state index contributed by atoms with van der Waals surface area (Å²) in [5.74, 6) is 1.76. The fourth-order valence-electron chi connectivity index (χ4n) is 2.08. The molecule has 100 valence electrons. The van der Waals surface area contributed by atoms with E-state index in [2.05, 4.69) is 26.8 Å². The van der Waals surface area contributed by atoms with Crippen molar-refractivity contribution in [3.63, 3.8) is 0 Å². The van der Waals surface area contributed by atoms with Crippen LogP contribution in [0.2, 0.25) is 0 Å². The third-order valence-corrected chi connectivity index (χ3v) is 3.11. The van der Waals surface area contributed by atoms with Crippen molar-refractivity contribution in [1.82, 2.24) is 0 Å². The number of nitrogens with two attached hydrogens (primary N) is 1. The molecule has 0 aliphatic heterocycles. The molecule has 2 N–H and O–H groups in total. The van der Waals surface area contributed by atoms with Crippen LogP contribution >= 0.6 is 0 Å². The van der Waals surface area contributed by atoms with E-state index in [0.29, 0.717) is 0 Å². The molecule has 0 aromatic heterocycles. The van der Waals surface area contributed by atoms with Gasteiger partial charge in [0.05, 0.1) is 0 Å². The molecule has 0 aliphatic rings. The number of anilines is 1. The van der Waals surface area contributed by atoms with Crippen LogP contribution in [0.3, 0.4) is 0 Å². The Kier molecular flexibility index (Phi) is 3.52. The van der Waals surface area contributed by atoms with Gasteiger partial charge in [-0.25, -0.2) is 0 Å². The Hall–Kier alpha value is -1.96. The molecule has 2 nitrogen and oxygen atoms in total. The Labute approximate surface area is 115 Å². The van der Waals surface area contributed by atoms with Crippen LogP contribution in [0.25, 0.3) is 0 Å². The van der Waals surface area contributed by atoms with Gasteiger partial charge in [0, 0.05) is 11.3 Å². The average Bonchev–Trinajstić information content (AvgIpc) is 2.32. The van der Waals surface area contributed by atoms with Crippen LogP contribution in [-0.4, -0.2) is 0 Å². The summed E-state index contributed by atoms with van der Waals surface area (Å²) in [7, 11) is 0. The molecule has 0 saturated carbocycles. The number of hydrogen-bond acceptors (Lipinski definition) is 2. The number of benzene rings is 2. The van der Waals surface area contributed by atoms with E-state index in [9.17, 15) is 0 Å². The minimum absolute atomic E-state index is 0.0539. The Morgan fingerprint density at radius 1 is 0.947 bits per heavy atom. The fraction of sp³-hybridized carbons (Fsp3) is 0.294. The standard InChI is InChI=1S/C17H21NO/c1-12-11-13(18)9-10-15(12)19-16-8-6-5-7-14(16)17(2,3)4/h5-11H,18H2,1-4H3. The fourth-order valence-corrected chi connectivity index (χ4v) is 2.08. The molecule has 19 heavy (non-hydrogen) atoms. The molecular formula is C17H21NO. The number of para-hydroxylation sites is 1. The number of hydrogen-bond donors (Lipinski definition) is 1. The molecule has 0 heterocycles. The number of nitrogen functional groups attached to an aromatic ring is 1. The number of rotatable bonds is 2. The Balaban J connectivity index is 2.39. The van der Waals surface area contributed by atoms with Crippen LogP contribution in [0, 0.1) is 6.92 Å². The van der Waals surface area contributed by atoms with Gasteiger partial charge in [0.15, 0.2) is 0 Å². The van der Waals surface area contributed by atoms with Crippen molar-refractivity contribution in [3.05, 3.63) is 53.6 Å². The minimum atomic E-state index is 0.0539. The van der Waals surface area contributed by atoms with Crippen molar-refractivity contribution in [2.45, 2.75) is 33.1 Å². The summed E-state index contributed by atoms with van der Waals surface area (Å²) in [6.07, 6.45) is 0. The summed E-state index contributed by atoms with van der Waals surface area (Å²) in [6.45, 7) is 8.56. The van der Waals surface area contributed by atoms with Gasteiger partial charge in [-0.3, -0.25) is 0 Å². The summed E-state index contributed by atoms with van der Waals surface area (Å²) >= 11 is 0. The lowest BCUT2D eigenvalue weighted by molar-refractivity contribution is 0.452. The second kappa shape index (κ2) is 4.96. The molecule has 0 aliphatic carbocycles. The molecule has 0 atom stereocenters. The monoisotopic (exact) mass is 255 g/mol. The highest BCUT2D eigenvalue weighted by atomic mass is 16.5. The van der Waals surface area contributed by atoms with E-state index in [4.69, 9.17) is 10.5 Å². The van der Waals surface area contributed by atoms with Gasteiger partial charge in [0.25, 0.3) is 0 Å². The van der Waals surface area contributed by atoms with E-state index in [-0.39, 0.29) is 5.41 Å². The molecule has 0 unspecified atom stereocenters. The molecule has 2 aromatic rings. The molecule has 0 bridgehead atoms. The SMILES string of the molecule is Cc1cc(N)ccc1Oc1ccccc1C(C)(C)C. The van der Waals surface area contributed by atoms with E-state index < -0.39 is 0 Å². The van der Waals surface area contributed by atoms with Crippen molar-refractivity contribution < 1.29 is 4.74 Å². The first-order valence-corrected chi connectivity index (χ1v) is 6.51. The lowest BCUT2D eigenvalue weighted by atomic mass is 9.86. The van der Waals surface area contributed by atoms with Gasteiger partial charge in [0.1, 0.15) is 11.5 Å². The van der Waals surface area contributed by atoms with Crippen LogP contribution in [0.4, 0.5) is 5.69 Å². The minimum Gasteiger partial charge on any atom is -0.457 e. The quantitative estimate of drug-likeness (QED) is 0.792. The predicted octanol–water partition coefficient (Wildman–Crippen LogP) is 4.67. The van der Waals surface area contributed by atoms with E-state index in [1.54, 1.807) is 0 Å². The Bertz CT molecular complexity index is 582. The molecule has 0 saturated heterocycles. The predicted molar refractivity (Wildman–Crippen MR) is 80.8 cm³/mol. The summed E-state index contributed by atoms with van der Waals surface area (Å²) in [6, 6.07) is 13.9. The second-order valence-electron chi connectivity index (χ2n) is 5.87. The highest BCUT2D eigenvalue weighted by Gasteiger charge is 2.19. The van der Waals surface area contributed by atoms with E-state index in [1.807, 2.05) is 43.3 Å². The molecular weight excluding hydrogens is 234 g/mol. The molecule has 2 heteroatoms. The average molecular weight is 255 g/mol. The van der Waals surface area contributed by atoms with Crippen molar-refractivity contribution in [1.29, 1.82) is 0 Å². The first-order chi connectivity index (χ1) is 8.88. The van der Waals surface area contributed by atoms with Gasteiger partial charge >= 0.3 is 0 Å². The lowest BCUT2D eigenvalue weighted by Crippen LogP contribution is -2.12. The van der Waals surface area contributed by atoms with Gasteiger partial charge in [-0.1, -0.05) is 39.0 Å². The van der Waals surface area contributed by atoms with Crippen molar-refractivity contribution in [2.24, 2.45) is 0 Å². The van der Waals surface area contributed by atoms with Crippen molar-refractivity contribution in [3.8, 4) is 11.5 Å². The van der Waals surface area contributed by atoms with Crippen LogP contribution in [0.1, 0.15) is 31.9 Å². The summed E-state index contributed by atoms with van der Waals surface area (Å²) in [4.78, 5) is 0. The Morgan fingerprint density at radius 3 is 2.26 bits per heavy atom. The highest BCUT2D eigenvalue weighted by Crippen LogP contribution is 2.35. The summed E-state index contributed by atoms with van der Waals surface area (Å²) in [5, 5.41) is 0. The number of ether oxygens (including phenoxy) is 1. The maximum absolute atomic E-state index is 6.07. The molecule has 0 radical (unpaired) electrons. The molecule has 0 spiro atoms. The van der Waals surface area contributed by atoms with Crippen LogP contribution in [0.5, 0.6) is 11.5 Å². The first-order valence-electron chi connectivity index (χ1n) is 6.51. The van der Waals surface area contributed by atoms with Gasteiger partial charge < -0.3 is 10.5 Å². The van der Waals surface area contributed by atoms with Gasteiger partial charge in [-0.2, -0.15) is 0 Å². The van der Waals surface area contributed by atoms with E-state index in [0.717, 1.165) is 22.7 Å². The van der Waals surface area contributed by atoms with Crippen LogP contribution in [0.15, 0.2) is 42.5 Å². The zero-order valence-electron chi connectivity index (χ0n) is 12.0. The smallest absolute Gasteiger partial charge is 0.131 e. The van der Waals surface area contributed by atoms with Gasteiger partial charge in [0.2, 0.25) is 0 Å². The molecule has 2 rings (SSSR count). The normalized spacial score (nSPS) is 11.4. The van der Waals surface area contributed by atoms with Gasteiger partial charge in [-0.15, -0.1) is 0 Å². The zero-order valence-corrected chi connectivity index (χ0v) is 12.0. The van der Waals surface area contributed by atoms with E-state index >= 15 is 0 Å². The van der Waals surface area contributed by atoms with Crippen LogP contribution < -0.4 is 10.5 Å². The third kappa shape index (κ3) is 3.08. The lowest BCUT2D eigenvalue weighted by Gasteiger charge is -2.23. The first kappa shape index (κ1) is 13.5. The maximum atomic E-state index is 6.07. The molecule has 2 aromatic carbocycles. The molecule has 0 amide bonds. The Morgan fingerprint density at radius 2 is 1.63 bits per heavy atom. The maximum Gasteiger partial charge on any atom is 0.131 e.